The van der Waals surface area contributed by atoms with Crippen LogP contribution in [-0.2, 0) is 0 Å². The molecule has 1 aromatic rings. The molecule has 1 aromatic carbocycles. The molecule has 1 N–H and O–H groups in total. The molecule has 0 bridgehead atoms. The molecule has 0 saturated heterocycles. The maximum Gasteiger partial charge on any atom is 0.123 e. The highest BCUT2D eigenvalue weighted by atomic mass is 32.1. The predicted octanol–water partition coefficient (Wildman–Crippen LogP) is 9.45. The number of aromatic hydroxyl groups is 1. The van der Waals surface area contributed by atoms with Crippen molar-refractivity contribution in [3.63, 3.8) is 0 Å². The third-order valence-electron chi connectivity index (χ3n) is 6.19. The number of unbranched alkanes of at least 4 members (excludes halogenated alkanes) is 10. The summed E-state index contributed by atoms with van der Waals surface area (Å²) in [6.45, 7) is 8.68. The molecule has 0 spiro atoms. The van der Waals surface area contributed by atoms with E-state index in [1.54, 1.807) is 0 Å². The zero-order valence-electron chi connectivity index (χ0n) is 19.5. The number of rotatable bonds is 16. The van der Waals surface area contributed by atoms with Crippen LogP contribution in [0.2, 0.25) is 0 Å². The Balaban J connectivity index is 2.68. The van der Waals surface area contributed by atoms with Gasteiger partial charge in [0.05, 0.1) is 0 Å². The largest absolute Gasteiger partial charge is 0.507 e. The van der Waals surface area contributed by atoms with Crippen LogP contribution in [0.5, 0.6) is 5.75 Å². The van der Waals surface area contributed by atoms with Gasteiger partial charge in [-0.15, -0.1) is 0 Å². The Kier molecular flexibility index (Phi) is 14.3. The lowest BCUT2D eigenvalue weighted by molar-refractivity contribution is 0.459. The standard InChI is InChI=1S/C26H46OS2/c1-5-7-9-11-13-15-17-23(28)22-19-20(3)26(27)25(21(22)4)24(29)18-16-14-12-10-8-6-2/h19,23-24,27-29H,5-18H2,1-4H3. The van der Waals surface area contributed by atoms with Crippen LogP contribution in [0.25, 0.3) is 0 Å². The van der Waals surface area contributed by atoms with Crippen molar-refractivity contribution < 1.29 is 5.11 Å². The summed E-state index contributed by atoms with van der Waals surface area (Å²) >= 11 is 9.84. The topological polar surface area (TPSA) is 20.2 Å². The summed E-state index contributed by atoms with van der Waals surface area (Å²) in [4.78, 5) is 0. The molecule has 0 aliphatic rings. The van der Waals surface area contributed by atoms with Gasteiger partial charge in [-0.3, -0.25) is 0 Å². The quantitative estimate of drug-likeness (QED) is 0.173. The molecule has 1 rings (SSSR count). The number of phenolic OH excluding ortho intramolecular Hbond substituents is 1. The first kappa shape index (κ1) is 26.8. The lowest BCUT2D eigenvalue weighted by Gasteiger charge is -2.23. The van der Waals surface area contributed by atoms with E-state index in [9.17, 15) is 5.11 Å². The average Bonchev–Trinajstić information content (AvgIpc) is 2.70. The first-order valence-electron chi connectivity index (χ1n) is 12.1. The Morgan fingerprint density at radius 3 is 1.69 bits per heavy atom. The maximum absolute atomic E-state index is 10.8. The lowest BCUT2D eigenvalue weighted by Crippen LogP contribution is -2.04. The van der Waals surface area contributed by atoms with Crippen molar-refractivity contribution >= 4 is 25.3 Å². The maximum atomic E-state index is 10.8. The highest BCUT2D eigenvalue weighted by Crippen LogP contribution is 2.42. The van der Waals surface area contributed by atoms with Gasteiger partial charge in [-0.2, -0.15) is 25.3 Å². The third-order valence-corrected chi connectivity index (χ3v) is 7.24. The van der Waals surface area contributed by atoms with Gasteiger partial charge in [-0.25, -0.2) is 0 Å². The molecule has 3 heteroatoms. The molecule has 168 valence electrons. The normalized spacial score (nSPS) is 13.6. The minimum atomic E-state index is 0.106. The third kappa shape index (κ3) is 9.59. The van der Waals surface area contributed by atoms with Gasteiger partial charge in [-0.05, 0) is 43.4 Å². The smallest absolute Gasteiger partial charge is 0.123 e. The molecule has 1 nitrogen and oxygen atoms in total. The van der Waals surface area contributed by atoms with Gasteiger partial charge in [0.15, 0.2) is 0 Å². The van der Waals surface area contributed by atoms with Crippen molar-refractivity contribution in [3.8, 4) is 5.75 Å². The molecule has 0 aromatic heterocycles. The number of hydrogen-bond acceptors (Lipinski definition) is 3. The highest BCUT2D eigenvalue weighted by molar-refractivity contribution is 7.80. The number of aryl methyl sites for hydroxylation is 1. The Morgan fingerprint density at radius 1 is 0.724 bits per heavy atom. The molecule has 0 radical (unpaired) electrons. The van der Waals surface area contributed by atoms with E-state index in [0.717, 1.165) is 24.0 Å². The molecular formula is C26H46OS2. The summed E-state index contributed by atoms with van der Waals surface area (Å²) in [5, 5.41) is 11.1. The van der Waals surface area contributed by atoms with Crippen LogP contribution in [0.4, 0.5) is 0 Å². The summed E-state index contributed by atoms with van der Waals surface area (Å²) < 4.78 is 0. The molecule has 0 saturated carbocycles. The van der Waals surface area contributed by atoms with Crippen LogP contribution >= 0.6 is 25.3 Å². The molecule has 0 fully saturated rings. The molecule has 2 atom stereocenters. The first-order valence-corrected chi connectivity index (χ1v) is 13.2. The Labute approximate surface area is 192 Å². The van der Waals surface area contributed by atoms with E-state index >= 15 is 0 Å². The summed E-state index contributed by atoms with van der Waals surface area (Å²) in [5.41, 5.74) is 4.49. The number of thiol groups is 2. The van der Waals surface area contributed by atoms with E-state index in [0.29, 0.717) is 5.75 Å². The van der Waals surface area contributed by atoms with E-state index in [1.165, 1.54) is 88.2 Å². The van der Waals surface area contributed by atoms with Crippen molar-refractivity contribution in [3.05, 3.63) is 28.3 Å². The SMILES string of the molecule is CCCCCCCCC(S)c1cc(C)c(O)c(C(S)CCCCCCCC)c1C. The van der Waals surface area contributed by atoms with Crippen LogP contribution in [0.15, 0.2) is 6.07 Å². The molecular weight excluding hydrogens is 392 g/mol. The molecule has 0 amide bonds. The molecule has 0 aliphatic heterocycles. The van der Waals surface area contributed by atoms with Gasteiger partial charge in [-0.1, -0.05) is 97.0 Å². The summed E-state index contributed by atoms with van der Waals surface area (Å²) in [6.07, 6.45) is 17.7. The summed E-state index contributed by atoms with van der Waals surface area (Å²) in [5.74, 6) is 0.442. The van der Waals surface area contributed by atoms with Crippen molar-refractivity contribution in [2.75, 3.05) is 0 Å². The van der Waals surface area contributed by atoms with Crippen molar-refractivity contribution in [1.82, 2.24) is 0 Å². The van der Waals surface area contributed by atoms with E-state index in [2.05, 4.69) is 26.8 Å². The van der Waals surface area contributed by atoms with E-state index < -0.39 is 0 Å². The monoisotopic (exact) mass is 438 g/mol. The molecule has 29 heavy (non-hydrogen) atoms. The lowest BCUT2D eigenvalue weighted by atomic mass is 9.90. The average molecular weight is 439 g/mol. The molecule has 0 heterocycles. The fourth-order valence-electron chi connectivity index (χ4n) is 4.25. The minimum absolute atomic E-state index is 0.106. The molecule has 2 unspecified atom stereocenters. The van der Waals surface area contributed by atoms with Gasteiger partial charge < -0.3 is 5.11 Å². The Hall–Kier alpha value is -0.280. The Bertz CT molecular complexity index is 570. The van der Waals surface area contributed by atoms with Crippen LogP contribution in [0, 0.1) is 13.8 Å². The second kappa shape index (κ2) is 15.5. The van der Waals surface area contributed by atoms with Crippen LogP contribution in [0.1, 0.15) is 136 Å². The summed E-state index contributed by atoms with van der Waals surface area (Å²) in [7, 11) is 0. The second-order valence-corrected chi connectivity index (χ2v) is 10.1. The fraction of sp³-hybridized carbons (Fsp3) is 0.769. The predicted molar refractivity (Wildman–Crippen MR) is 137 cm³/mol. The van der Waals surface area contributed by atoms with Crippen molar-refractivity contribution in [1.29, 1.82) is 0 Å². The van der Waals surface area contributed by atoms with Crippen LogP contribution in [-0.4, -0.2) is 5.11 Å². The van der Waals surface area contributed by atoms with E-state index in [4.69, 9.17) is 25.3 Å². The van der Waals surface area contributed by atoms with Crippen molar-refractivity contribution in [2.45, 2.75) is 128 Å². The summed E-state index contributed by atoms with van der Waals surface area (Å²) in [6, 6.07) is 2.15. The van der Waals surface area contributed by atoms with Gasteiger partial charge in [0.25, 0.3) is 0 Å². The minimum Gasteiger partial charge on any atom is -0.507 e. The van der Waals surface area contributed by atoms with E-state index in [1.807, 2.05) is 6.92 Å². The fourth-order valence-corrected chi connectivity index (χ4v) is 5.19. The number of hydrogen-bond donors (Lipinski definition) is 3. The van der Waals surface area contributed by atoms with Gasteiger partial charge in [0, 0.05) is 16.1 Å². The van der Waals surface area contributed by atoms with Crippen LogP contribution in [0.3, 0.4) is 0 Å². The zero-order valence-corrected chi connectivity index (χ0v) is 21.3. The van der Waals surface area contributed by atoms with Crippen LogP contribution < -0.4 is 0 Å². The van der Waals surface area contributed by atoms with Gasteiger partial charge in [0.2, 0.25) is 0 Å². The zero-order chi connectivity index (χ0) is 21.6. The highest BCUT2D eigenvalue weighted by Gasteiger charge is 2.21. The van der Waals surface area contributed by atoms with Gasteiger partial charge >= 0.3 is 0 Å². The number of benzene rings is 1. The second-order valence-electron chi connectivity index (χ2n) is 8.81. The van der Waals surface area contributed by atoms with E-state index in [-0.39, 0.29) is 10.5 Å². The van der Waals surface area contributed by atoms with Crippen molar-refractivity contribution in [2.24, 2.45) is 0 Å². The number of phenols is 1. The van der Waals surface area contributed by atoms with Gasteiger partial charge in [0.1, 0.15) is 5.75 Å². The Morgan fingerprint density at radius 2 is 1.17 bits per heavy atom. The molecule has 0 aliphatic carbocycles. The first-order chi connectivity index (χ1) is 13.9.